The lowest BCUT2D eigenvalue weighted by molar-refractivity contribution is -0.140. The molecule has 1 unspecified atom stereocenters. The van der Waals surface area contributed by atoms with Crippen LogP contribution in [-0.4, -0.2) is 34.8 Å². The molecule has 6 nitrogen and oxygen atoms in total. The molecule has 0 spiro atoms. The highest BCUT2D eigenvalue weighted by Gasteiger charge is 2.40. The summed E-state index contributed by atoms with van der Waals surface area (Å²) < 4.78 is 0. The van der Waals surface area contributed by atoms with Gasteiger partial charge in [0.15, 0.2) is 0 Å². The number of amides is 4. The Morgan fingerprint density at radius 3 is 2.67 bits per heavy atom. The van der Waals surface area contributed by atoms with Gasteiger partial charge in [-0.05, 0) is 32.0 Å². The van der Waals surface area contributed by atoms with Crippen molar-refractivity contribution in [1.29, 1.82) is 0 Å². The molecule has 4 amide bonds. The van der Waals surface area contributed by atoms with E-state index in [1.165, 1.54) is 4.90 Å². The Labute approximate surface area is 127 Å². The van der Waals surface area contributed by atoms with Crippen LogP contribution in [0.5, 0.6) is 0 Å². The summed E-state index contributed by atoms with van der Waals surface area (Å²) in [5, 5.41) is 5.57. The molecule has 0 aromatic heterocycles. The number of carbonyl (C=O) groups excluding carboxylic acids is 3. The fourth-order valence-electron chi connectivity index (χ4n) is 2.20. The van der Waals surface area contributed by atoms with Gasteiger partial charge in [-0.25, -0.2) is 4.79 Å². The third-order valence-corrected chi connectivity index (χ3v) is 3.32. The van der Waals surface area contributed by atoms with Crippen LogP contribution >= 0.6 is 11.6 Å². The van der Waals surface area contributed by atoms with Crippen LogP contribution in [-0.2, 0) is 9.59 Å². The highest BCUT2D eigenvalue weighted by molar-refractivity contribution is 6.30. The summed E-state index contributed by atoms with van der Waals surface area (Å²) in [5.41, 5.74) is 0.512. The first-order chi connectivity index (χ1) is 9.88. The first kappa shape index (κ1) is 15.3. The van der Waals surface area contributed by atoms with Crippen LogP contribution in [0, 0.1) is 0 Å². The molecule has 1 atom stereocenters. The van der Waals surface area contributed by atoms with Crippen molar-refractivity contribution in [2.75, 3.05) is 5.32 Å². The Kier molecular flexibility index (Phi) is 4.47. The number of halogens is 1. The number of anilines is 1. The summed E-state index contributed by atoms with van der Waals surface area (Å²) in [7, 11) is 0. The lowest BCUT2D eigenvalue weighted by Gasteiger charge is -2.19. The standard InChI is InChI=1S/C14H16ClN3O3/c1-8(2)18-12(19)7-11(13(18)20)17-14(21)16-10-5-3-4-9(15)6-10/h3-6,8,11H,7H2,1-2H3,(H2,16,17,21). The first-order valence-corrected chi connectivity index (χ1v) is 6.95. The molecule has 21 heavy (non-hydrogen) atoms. The summed E-state index contributed by atoms with van der Waals surface area (Å²) in [6.07, 6.45) is -0.0139. The largest absolute Gasteiger partial charge is 0.326 e. The van der Waals surface area contributed by atoms with E-state index in [4.69, 9.17) is 11.6 Å². The van der Waals surface area contributed by atoms with E-state index in [-0.39, 0.29) is 24.3 Å². The number of rotatable bonds is 3. The second-order valence-corrected chi connectivity index (χ2v) is 5.50. The van der Waals surface area contributed by atoms with Crippen molar-refractivity contribution in [3.8, 4) is 0 Å². The molecule has 1 fully saturated rings. The number of imide groups is 1. The molecule has 1 aliphatic heterocycles. The summed E-state index contributed by atoms with van der Waals surface area (Å²) in [6.45, 7) is 3.51. The van der Waals surface area contributed by atoms with E-state index in [1.807, 2.05) is 0 Å². The molecule has 0 bridgehead atoms. The summed E-state index contributed by atoms with van der Waals surface area (Å²) in [6, 6.07) is 5.06. The number of nitrogens with one attached hydrogen (secondary N) is 2. The normalized spacial score (nSPS) is 18.3. The maximum absolute atomic E-state index is 12.0. The molecule has 1 aromatic carbocycles. The van der Waals surface area contributed by atoms with Gasteiger partial charge in [-0.1, -0.05) is 17.7 Å². The highest BCUT2D eigenvalue weighted by atomic mass is 35.5. The van der Waals surface area contributed by atoms with Crippen LogP contribution in [0.3, 0.4) is 0 Å². The number of likely N-dealkylation sites (tertiary alicyclic amines) is 1. The Bertz CT molecular complexity index is 589. The zero-order chi connectivity index (χ0) is 15.6. The average molecular weight is 310 g/mol. The summed E-state index contributed by atoms with van der Waals surface area (Å²) >= 11 is 5.82. The van der Waals surface area contributed by atoms with E-state index >= 15 is 0 Å². The number of hydrogen-bond acceptors (Lipinski definition) is 3. The molecule has 7 heteroatoms. The topological polar surface area (TPSA) is 78.5 Å². The minimum atomic E-state index is -0.820. The van der Waals surface area contributed by atoms with Crippen molar-refractivity contribution in [3.63, 3.8) is 0 Å². The Balaban J connectivity index is 1.98. The summed E-state index contributed by atoms with van der Waals surface area (Å²) in [4.78, 5) is 36.8. The molecule has 1 aromatic rings. The van der Waals surface area contributed by atoms with Crippen molar-refractivity contribution in [1.82, 2.24) is 10.2 Å². The number of benzene rings is 1. The Morgan fingerprint density at radius 2 is 2.10 bits per heavy atom. The third kappa shape index (κ3) is 3.52. The SMILES string of the molecule is CC(C)N1C(=O)CC(NC(=O)Nc2cccc(Cl)c2)C1=O. The molecule has 2 rings (SSSR count). The third-order valence-electron chi connectivity index (χ3n) is 3.09. The minimum Gasteiger partial charge on any atom is -0.326 e. The quantitative estimate of drug-likeness (QED) is 0.838. The second-order valence-electron chi connectivity index (χ2n) is 5.06. The predicted molar refractivity (Wildman–Crippen MR) is 79.0 cm³/mol. The van der Waals surface area contributed by atoms with Gasteiger partial charge in [-0.15, -0.1) is 0 Å². The molecule has 1 saturated heterocycles. The van der Waals surface area contributed by atoms with E-state index in [0.29, 0.717) is 10.7 Å². The smallest absolute Gasteiger partial charge is 0.319 e. The predicted octanol–water partition coefficient (Wildman–Crippen LogP) is 2.00. The molecule has 0 aliphatic carbocycles. The van der Waals surface area contributed by atoms with Gasteiger partial charge < -0.3 is 10.6 Å². The van der Waals surface area contributed by atoms with E-state index in [9.17, 15) is 14.4 Å². The van der Waals surface area contributed by atoms with Gasteiger partial charge >= 0.3 is 6.03 Å². The van der Waals surface area contributed by atoms with Crippen molar-refractivity contribution in [2.45, 2.75) is 32.4 Å². The van der Waals surface area contributed by atoms with Gasteiger partial charge in [-0.3, -0.25) is 14.5 Å². The minimum absolute atomic E-state index is 0.0139. The molecule has 112 valence electrons. The molecular weight excluding hydrogens is 294 g/mol. The number of carbonyl (C=O) groups is 3. The Hall–Kier alpha value is -2.08. The van der Waals surface area contributed by atoms with E-state index in [0.717, 1.165) is 0 Å². The fourth-order valence-corrected chi connectivity index (χ4v) is 2.39. The van der Waals surface area contributed by atoms with E-state index < -0.39 is 12.1 Å². The molecule has 0 radical (unpaired) electrons. The zero-order valence-corrected chi connectivity index (χ0v) is 12.5. The first-order valence-electron chi connectivity index (χ1n) is 6.57. The monoisotopic (exact) mass is 309 g/mol. The number of hydrogen-bond donors (Lipinski definition) is 2. The van der Waals surface area contributed by atoms with Crippen molar-refractivity contribution < 1.29 is 14.4 Å². The van der Waals surface area contributed by atoms with Crippen LogP contribution in [0.25, 0.3) is 0 Å². The maximum Gasteiger partial charge on any atom is 0.319 e. The van der Waals surface area contributed by atoms with Crippen LogP contribution < -0.4 is 10.6 Å². The lowest BCUT2D eigenvalue weighted by Crippen LogP contribution is -2.45. The van der Waals surface area contributed by atoms with Gasteiger partial charge in [0.05, 0.1) is 6.42 Å². The van der Waals surface area contributed by atoms with Gasteiger partial charge in [0.1, 0.15) is 6.04 Å². The van der Waals surface area contributed by atoms with Crippen LogP contribution in [0.15, 0.2) is 24.3 Å². The fraction of sp³-hybridized carbons (Fsp3) is 0.357. The van der Waals surface area contributed by atoms with Gasteiger partial charge in [0.2, 0.25) is 5.91 Å². The molecule has 1 heterocycles. The average Bonchev–Trinajstić information content (AvgIpc) is 2.64. The zero-order valence-electron chi connectivity index (χ0n) is 11.7. The molecular formula is C14H16ClN3O3. The lowest BCUT2D eigenvalue weighted by atomic mass is 10.2. The summed E-state index contributed by atoms with van der Waals surface area (Å²) in [5.74, 6) is -0.653. The van der Waals surface area contributed by atoms with Gasteiger partial charge in [0.25, 0.3) is 5.91 Å². The number of nitrogens with zero attached hydrogens (tertiary/aromatic N) is 1. The van der Waals surface area contributed by atoms with Crippen LogP contribution in [0.1, 0.15) is 20.3 Å². The van der Waals surface area contributed by atoms with E-state index in [2.05, 4.69) is 10.6 Å². The van der Waals surface area contributed by atoms with Crippen molar-refractivity contribution in [3.05, 3.63) is 29.3 Å². The van der Waals surface area contributed by atoms with Gasteiger partial charge in [0, 0.05) is 16.8 Å². The van der Waals surface area contributed by atoms with Crippen LogP contribution in [0.2, 0.25) is 5.02 Å². The van der Waals surface area contributed by atoms with Crippen LogP contribution in [0.4, 0.5) is 10.5 Å². The maximum atomic E-state index is 12.0. The van der Waals surface area contributed by atoms with Gasteiger partial charge in [-0.2, -0.15) is 0 Å². The molecule has 1 aliphatic rings. The highest BCUT2D eigenvalue weighted by Crippen LogP contribution is 2.17. The number of urea groups is 1. The second kappa shape index (κ2) is 6.13. The molecule has 2 N–H and O–H groups in total. The Morgan fingerprint density at radius 1 is 1.38 bits per heavy atom. The van der Waals surface area contributed by atoms with Crippen molar-refractivity contribution in [2.24, 2.45) is 0 Å². The van der Waals surface area contributed by atoms with Crippen molar-refractivity contribution >= 4 is 35.1 Å². The van der Waals surface area contributed by atoms with E-state index in [1.54, 1.807) is 38.1 Å². The molecule has 0 saturated carbocycles.